The second-order valence-electron chi connectivity index (χ2n) is 5.04. The van der Waals surface area contributed by atoms with E-state index in [1.54, 1.807) is 0 Å². The van der Waals surface area contributed by atoms with Crippen molar-refractivity contribution in [2.45, 2.75) is 32.2 Å². The molecule has 92 valence electrons. The van der Waals surface area contributed by atoms with Gasteiger partial charge >= 0.3 is 0 Å². The number of benzene rings is 1. The van der Waals surface area contributed by atoms with Gasteiger partial charge in [-0.3, -0.25) is 4.79 Å². The zero-order valence-electron chi connectivity index (χ0n) is 10.5. The molecule has 0 radical (unpaired) electrons. The van der Waals surface area contributed by atoms with Crippen molar-refractivity contribution in [3.05, 3.63) is 34.3 Å². The Morgan fingerprint density at radius 2 is 1.94 bits per heavy atom. The molecule has 0 heterocycles. The molecule has 1 amide bonds. The summed E-state index contributed by atoms with van der Waals surface area (Å²) in [5.41, 5.74) is 1.28. The van der Waals surface area contributed by atoms with E-state index in [0.29, 0.717) is 5.92 Å². The van der Waals surface area contributed by atoms with Crippen LogP contribution < -0.4 is 0 Å². The maximum Gasteiger partial charge on any atom is 0.226 e. The molecule has 0 unspecified atom stereocenters. The number of amides is 1. The van der Waals surface area contributed by atoms with E-state index in [1.165, 1.54) is 5.56 Å². The predicted octanol–water partition coefficient (Wildman–Crippen LogP) is 3.42. The van der Waals surface area contributed by atoms with Gasteiger partial charge in [-0.05, 0) is 43.9 Å². The molecule has 3 heteroatoms. The lowest BCUT2D eigenvalue weighted by Gasteiger charge is -2.21. The van der Waals surface area contributed by atoms with Crippen molar-refractivity contribution in [1.82, 2.24) is 4.90 Å². The summed E-state index contributed by atoms with van der Waals surface area (Å²) in [6, 6.07) is 8.59. The van der Waals surface area contributed by atoms with Gasteiger partial charge in [-0.25, -0.2) is 0 Å². The molecule has 1 aromatic carbocycles. The van der Waals surface area contributed by atoms with Crippen LogP contribution in [0.2, 0.25) is 0 Å². The van der Waals surface area contributed by atoms with Crippen molar-refractivity contribution < 1.29 is 4.79 Å². The van der Waals surface area contributed by atoms with Gasteiger partial charge in [0.1, 0.15) is 0 Å². The van der Waals surface area contributed by atoms with Gasteiger partial charge in [0.15, 0.2) is 0 Å². The normalized spacial score (nSPS) is 22.6. The highest BCUT2D eigenvalue weighted by atomic mass is 79.9. The van der Waals surface area contributed by atoms with Crippen LogP contribution in [0.25, 0.3) is 0 Å². The number of nitrogens with zero attached hydrogens (tertiary/aromatic N) is 1. The van der Waals surface area contributed by atoms with Gasteiger partial charge in [-0.15, -0.1) is 0 Å². The van der Waals surface area contributed by atoms with Crippen LogP contribution in [-0.2, 0) is 4.79 Å². The van der Waals surface area contributed by atoms with Gasteiger partial charge in [0.25, 0.3) is 0 Å². The lowest BCUT2D eigenvalue weighted by Crippen LogP contribution is -2.34. The maximum absolute atomic E-state index is 12.1. The molecule has 17 heavy (non-hydrogen) atoms. The van der Waals surface area contributed by atoms with Crippen LogP contribution in [0.15, 0.2) is 28.7 Å². The molecule has 1 aromatic rings. The molecule has 0 spiro atoms. The molecule has 0 bridgehead atoms. The molecule has 1 aliphatic carbocycles. The van der Waals surface area contributed by atoms with Crippen LogP contribution >= 0.6 is 15.9 Å². The largest absolute Gasteiger partial charge is 0.343 e. The minimum atomic E-state index is 0.198. The second-order valence-corrected chi connectivity index (χ2v) is 5.96. The van der Waals surface area contributed by atoms with Crippen molar-refractivity contribution >= 4 is 21.8 Å². The number of carbonyl (C=O) groups is 1. The lowest BCUT2D eigenvalue weighted by atomic mass is 10.1. The summed E-state index contributed by atoms with van der Waals surface area (Å²) in [6.45, 7) is 4.10. The second kappa shape index (κ2) is 4.81. The number of hydrogen-bond acceptors (Lipinski definition) is 1. The van der Waals surface area contributed by atoms with E-state index in [2.05, 4.69) is 41.9 Å². The van der Waals surface area contributed by atoms with E-state index in [1.807, 2.05) is 24.1 Å². The third-order valence-corrected chi connectivity index (χ3v) is 4.06. The Labute approximate surface area is 111 Å². The Morgan fingerprint density at radius 3 is 2.47 bits per heavy atom. The SMILES string of the molecule is CC(C)N(C)C(=O)[C@@H]1C[C@H]1c1ccc(Br)cc1. The Kier molecular flexibility index (Phi) is 3.57. The molecule has 1 fully saturated rings. The fourth-order valence-electron chi connectivity index (χ4n) is 2.06. The van der Waals surface area contributed by atoms with Gasteiger partial charge in [0, 0.05) is 23.5 Å². The van der Waals surface area contributed by atoms with E-state index in [4.69, 9.17) is 0 Å². The fraction of sp³-hybridized carbons (Fsp3) is 0.500. The third-order valence-electron chi connectivity index (χ3n) is 3.53. The molecular formula is C14H18BrNO. The van der Waals surface area contributed by atoms with Gasteiger partial charge in [-0.1, -0.05) is 28.1 Å². The van der Waals surface area contributed by atoms with Crippen molar-refractivity contribution in [2.75, 3.05) is 7.05 Å². The molecule has 0 saturated heterocycles. The van der Waals surface area contributed by atoms with Gasteiger partial charge in [0.05, 0.1) is 0 Å². The van der Waals surface area contributed by atoms with Crippen LogP contribution in [0.3, 0.4) is 0 Å². The lowest BCUT2D eigenvalue weighted by molar-refractivity contribution is -0.132. The van der Waals surface area contributed by atoms with Gasteiger partial charge in [0.2, 0.25) is 5.91 Å². The van der Waals surface area contributed by atoms with Gasteiger partial charge < -0.3 is 4.90 Å². The fourth-order valence-corrected chi connectivity index (χ4v) is 2.33. The summed E-state index contributed by atoms with van der Waals surface area (Å²) < 4.78 is 1.09. The first-order valence-electron chi connectivity index (χ1n) is 6.03. The minimum absolute atomic E-state index is 0.198. The molecule has 0 aromatic heterocycles. The first-order chi connectivity index (χ1) is 8.00. The van der Waals surface area contributed by atoms with E-state index in [0.717, 1.165) is 10.9 Å². The van der Waals surface area contributed by atoms with Crippen molar-refractivity contribution in [2.24, 2.45) is 5.92 Å². The monoisotopic (exact) mass is 295 g/mol. The highest BCUT2D eigenvalue weighted by Crippen LogP contribution is 2.48. The first-order valence-corrected chi connectivity index (χ1v) is 6.82. The van der Waals surface area contributed by atoms with Crippen molar-refractivity contribution in [1.29, 1.82) is 0 Å². The topological polar surface area (TPSA) is 20.3 Å². The minimum Gasteiger partial charge on any atom is -0.343 e. The molecule has 1 saturated carbocycles. The third kappa shape index (κ3) is 2.71. The standard InChI is InChI=1S/C14H18BrNO/c1-9(2)16(3)14(17)13-8-12(13)10-4-6-11(15)7-5-10/h4-7,9,12-13H,8H2,1-3H3/t12-,13+/m0/s1. The average molecular weight is 296 g/mol. The molecule has 2 rings (SSSR count). The van der Waals surface area contributed by atoms with Gasteiger partial charge in [-0.2, -0.15) is 0 Å². The summed E-state index contributed by atoms with van der Waals surface area (Å²) in [6.07, 6.45) is 0.998. The Morgan fingerprint density at radius 1 is 1.35 bits per heavy atom. The summed E-state index contributed by atoms with van der Waals surface area (Å²) in [5.74, 6) is 0.910. The molecule has 0 N–H and O–H groups in total. The molecular weight excluding hydrogens is 278 g/mol. The van der Waals surface area contributed by atoms with Crippen LogP contribution in [0.4, 0.5) is 0 Å². The quantitative estimate of drug-likeness (QED) is 0.837. The summed E-state index contributed by atoms with van der Waals surface area (Å²) in [5, 5.41) is 0. The predicted molar refractivity (Wildman–Crippen MR) is 72.9 cm³/mol. The van der Waals surface area contributed by atoms with E-state index in [9.17, 15) is 4.79 Å². The molecule has 1 aliphatic rings. The molecule has 2 atom stereocenters. The Balaban J connectivity index is 2.01. The smallest absolute Gasteiger partial charge is 0.226 e. The first kappa shape index (κ1) is 12.6. The summed E-state index contributed by atoms with van der Waals surface area (Å²) in [7, 11) is 1.89. The zero-order valence-corrected chi connectivity index (χ0v) is 12.1. The number of rotatable bonds is 3. The van der Waals surface area contributed by atoms with Crippen LogP contribution in [-0.4, -0.2) is 23.9 Å². The highest BCUT2D eigenvalue weighted by Gasteiger charge is 2.45. The van der Waals surface area contributed by atoms with Crippen LogP contribution in [0.1, 0.15) is 31.7 Å². The van der Waals surface area contributed by atoms with Crippen LogP contribution in [0.5, 0.6) is 0 Å². The van der Waals surface area contributed by atoms with Crippen LogP contribution in [0, 0.1) is 5.92 Å². The Bertz CT molecular complexity index is 413. The average Bonchev–Trinajstić information content (AvgIpc) is 3.08. The number of halogens is 1. The van der Waals surface area contributed by atoms with E-state index >= 15 is 0 Å². The zero-order chi connectivity index (χ0) is 12.6. The van der Waals surface area contributed by atoms with Crippen molar-refractivity contribution in [3.8, 4) is 0 Å². The molecule has 2 nitrogen and oxygen atoms in total. The highest BCUT2D eigenvalue weighted by molar-refractivity contribution is 9.10. The maximum atomic E-state index is 12.1. The van der Waals surface area contributed by atoms with E-state index < -0.39 is 0 Å². The van der Waals surface area contributed by atoms with Crippen molar-refractivity contribution in [3.63, 3.8) is 0 Å². The Hall–Kier alpha value is -0.830. The number of carbonyl (C=O) groups excluding carboxylic acids is 1. The molecule has 0 aliphatic heterocycles. The van der Waals surface area contributed by atoms with E-state index in [-0.39, 0.29) is 17.9 Å². The summed E-state index contributed by atoms with van der Waals surface area (Å²) >= 11 is 3.43. The summed E-state index contributed by atoms with van der Waals surface area (Å²) in [4.78, 5) is 14.0. The number of hydrogen-bond donors (Lipinski definition) is 0.